The van der Waals surface area contributed by atoms with Gasteiger partial charge in [0.15, 0.2) is 12.4 Å². The molecule has 0 aliphatic heterocycles. The summed E-state index contributed by atoms with van der Waals surface area (Å²) in [5.41, 5.74) is 11.4. The summed E-state index contributed by atoms with van der Waals surface area (Å²) in [5, 5.41) is 0.890. The molecule has 0 aliphatic carbocycles. The third kappa shape index (κ3) is 4.44. The zero-order chi connectivity index (χ0) is 15.4. The van der Waals surface area contributed by atoms with Crippen LogP contribution in [0, 0.1) is 0 Å². The van der Waals surface area contributed by atoms with Crippen molar-refractivity contribution in [2.24, 2.45) is 0 Å². The number of nitrogen functional groups attached to an aromatic ring is 2. The van der Waals surface area contributed by atoms with E-state index >= 15 is 0 Å². The quantitative estimate of drug-likeness (QED) is 0.819. The summed E-state index contributed by atoms with van der Waals surface area (Å²) in [6.07, 6.45) is 0.00600. The van der Waals surface area contributed by atoms with Crippen LogP contribution in [0.2, 0.25) is 10.0 Å². The summed E-state index contributed by atoms with van der Waals surface area (Å²) in [4.78, 5) is 23.0. The Balaban J connectivity index is 1.95. The van der Waals surface area contributed by atoms with Crippen LogP contribution in [-0.4, -0.2) is 20.9 Å². The number of aromatic nitrogens is 3. The van der Waals surface area contributed by atoms with Crippen molar-refractivity contribution >= 4 is 41.1 Å². The van der Waals surface area contributed by atoms with Crippen LogP contribution in [0.25, 0.3) is 0 Å². The van der Waals surface area contributed by atoms with Crippen molar-refractivity contribution in [3.63, 3.8) is 0 Å². The van der Waals surface area contributed by atoms with Gasteiger partial charge in [0.2, 0.25) is 11.9 Å². The third-order valence-electron chi connectivity index (χ3n) is 2.43. The number of ether oxygens (including phenoxy) is 1. The van der Waals surface area contributed by atoms with E-state index in [2.05, 4.69) is 15.0 Å². The molecule has 0 unspecified atom stereocenters. The lowest BCUT2D eigenvalue weighted by molar-refractivity contribution is -0.144. The van der Waals surface area contributed by atoms with Crippen molar-refractivity contribution in [2.75, 3.05) is 11.5 Å². The Bertz CT molecular complexity index is 660. The lowest BCUT2D eigenvalue weighted by Crippen LogP contribution is -2.12. The zero-order valence-corrected chi connectivity index (χ0v) is 12.2. The maximum Gasteiger partial charge on any atom is 0.310 e. The monoisotopic (exact) mass is 327 g/mol. The van der Waals surface area contributed by atoms with Crippen LogP contribution >= 0.6 is 23.2 Å². The van der Waals surface area contributed by atoms with E-state index in [4.69, 9.17) is 39.4 Å². The molecule has 0 amide bonds. The minimum Gasteiger partial charge on any atom is -0.457 e. The van der Waals surface area contributed by atoms with Gasteiger partial charge in [-0.25, -0.2) is 0 Å². The van der Waals surface area contributed by atoms with Gasteiger partial charge in [-0.1, -0.05) is 29.3 Å². The van der Waals surface area contributed by atoms with Crippen LogP contribution in [0.1, 0.15) is 11.4 Å². The lowest BCUT2D eigenvalue weighted by atomic mass is 10.1. The molecule has 110 valence electrons. The Morgan fingerprint density at radius 2 is 1.81 bits per heavy atom. The fourth-order valence-electron chi connectivity index (χ4n) is 1.54. The minimum absolute atomic E-state index is 0.00600. The van der Waals surface area contributed by atoms with E-state index in [1.165, 1.54) is 0 Å². The van der Waals surface area contributed by atoms with E-state index in [1.807, 2.05) is 0 Å². The van der Waals surface area contributed by atoms with Crippen molar-refractivity contribution in [2.45, 2.75) is 13.0 Å². The summed E-state index contributed by atoms with van der Waals surface area (Å²) >= 11 is 11.8. The predicted octanol–water partition coefficient (Wildman–Crippen LogP) is 1.63. The van der Waals surface area contributed by atoms with E-state index in [9.17, 15) is 4.79 Å². The number of hydrogen-bond donors (Lipinski definition) is 2. The fraction of sp³-hybridized carbons (Fsp3) is 0.167. The average Bonchev–Trinajstić information content (AvgIpc) is 2.39. The topological polar surface area (TPSA) is 117 Å². The summed E-state index contributed by atoms with van der Waals surface area (Å²) in [6.45, 7) is -0.152. The van der Waals surface area contributed by atoms with Gasteiger partial charge < -0.3 is 16.2 Å². The minimum atomic E-state index is -0.489. The summed E-state index contributed by atoms with van der Waals surface area (Å²) in [6, 6.07) is 4.85. The number of benzene rings is 1. The molecule has 0 atom stereocenters. The normalized spacial score (nSPS) is 10.4. The van der Waals surface area contributed by atoms with Crippen molar-refractivity contribution < 1.29 is 9.53 Å². The van der Waals surface area contributed by atoms with Gasteiger partial charge in [0.25, 0.3) is 0 Å². The van der Waals surface area contributed by atoms with E-state index < -0.39 is 5.97 Å². The number of carbonyl (C=O) groups excluding carboxylic acids is 1. The number of nitrogens with two attached hydrogens (primary N) is 2. The smallest absolute Gasteiger partial charge is 0.310 e. The first-order valence-corrected chi connectivity index (χ1v) is 6.55. The standard InChI is InChI=1S/C12H11Cl2N5O2/c13-7-2-1-6(8(14)4-7)3-10(20)21-5-9-17-11(15)19-12(16)18-9/h1-2,4H,3,5H2,(H4,15,16,17,18,19). The number of anilines is 2. The molecule has 4 N–H and O–H groups in total. The summed E-state index contributed by atoms with van der Waals surface area (Å²) in [7, 11) is 0. The van der Waals surface area contributed by atoms with Crippen LogP contribution in [0.3, 0.4) is 0 Å². The maximum atomic E-state index is 11.7. The first-order chi connectivity index (χ1) is 9.94. The largest absolute Gasteiger partial charge is 0.457 e. The van der Waals surface area contributed by atoms with Crippen LogP contribution in [0.5, 0.6) is 0 Å². The highest BCUT2D eigenvalue weighted by atomic mass is 35.5. The van der Waals surface area contributed by atoms with Gasteiger partial charge >= 0.3 is 5.97 Å². The molecule has 7 nitrogen and oxygen atoms in total. The van der Waals surface area contributed by atoms with Crippen LogP contribution in [0.4, 0.5) is 11.9 Å². The molecule has 0 saturated carbocycles. The molecular formula is C12H11Cl2N5O2. The highest BCUT2D eigenvalue weighted by Gasteiger charge is 2.10. The Morgan fingerprint density at radius 1 is 1.14 bits per heavy atom. The third-order valence-corrected chi connectivity index (χ3v) is 3.02. The molecule has 0 spiro atoms. The molecular weight excluding hydrogens is 317 g/mol. The van der Waals surface area contributed by atoms with Gasteiger partial charge in [-0.15, -0.1) is 0 Å². The number of halogens is 2. The molecule has 2 rings (SSSR count). The van der Waals surface area contributed by atoms with E-state index in [0.717, 1.165) is 0 Å². The molecule has 1 aromatic carbocycles. The first-order valence-electron chi connectivity index (χ1n) is 5.79. The lowest BCUT2D eigenvalue weighted by Gasteiger charge is -2.06. The molecule has 0 saturated heterocycles. The predicted molar refractivity (Wildman–Crippen MR) is 78.6 cm³/mol. The molecule has 0 radical (unpaired) electrons. The van der Waals surface area contributed by atoms with Gasteiger partial charge in [0, 0.05) is 10.0 Å². The first kappa shape index (κ1) is 15.3. The van der Waals surface area contributed by atoms with Crippen molar-refractivity contribution in [3.8, 4) is 0 Å². The zero-order valence-electron chi connectivity index (χ0n) is 10.7. The van der Waals surface area contributed by atoms with Gasteiger partial charge in [0.05, 0.1) is 6.42 Å². The molecule has 0 bridgehead atoms. The second-order valence-corrected chi connectivity index (χ2v) is 4.88. The number of esters is 1. The van der Waals surface area contributed by atoms with Crippen molar-refractivity contribution in [3.05, 3.63) is 39.6 Å². The second kappa shape index (κ2) is 6.55. The number of carbonyl (C=O) groups is 1. The highest BCUT2D eigenvalue weighted by Crippen LogP contribution is 2.21. The molecule has 0 fully saturated rings. The SMILES string of the molecule is Nc1nc(N)nc(COC(=O)Cc2ccc(Cl)cc2Cl)n1. The Morgan fingerprint density at radius 3 is 2.43 bits per heavy atom. The van der Waals surface area contributed by atoms with Crippen LogP contribution in [0.15, 0.2) is 18.2 Å². The van der Waals surface area contributed by atoms with Gasteiger partial charge in [0.1, 0.15) is 0 Å². The molecule has 1 aromatic heterocycles. The Labute approximate surface area is 130 Å². The Kier molecular flexibility index (Phi) is 4.77. The van der Waals surface area contributed by atoms with Crippen LogP contribution < -0.4 is 11.5 Å². The maximum absolute atomic E-state index is 11.7. The van der Waals surface area contributed by atoms with Crippen molar-refractivity contribution in [1.82, 2.24) is 15.0 Å². The van der Waals surface area contributed by atoms with E-state index in [1.54, 1.807) is 18.2 Å². The second-order valence-electron chi connectivity index (χ2n) is 4.04. The number of hydrogen-bond acceptors (Lipinski definition) is 7. The molecule has 2 aromatic rings. The van der Waals surface area contributed by atoms with Gasteiger partial charge in [-0.05, 0) is 17.7 Å². The van der Waals surface area contributed by atoms with Gasteiger partial charge in [-0.3, -0.25) is 4.79 Å². The van der Waals surface area contributed by atoms with Gasteiger partial charge in [-0.2, -0.15) is 15.0 Å². The summed E-state index contributed by atoms with van der Waals surface area (Å²) in [5.74, 6) is -0.379. The number of rotatable bonds is 4. The fourth-order valence-corrected chi connectivity index (χ4v) is 2.01. The highest BCUT2D eigenvalue weighted by molar-refractivity contribution is 6.35. The Hall–Kier alpha value is -2.12. The summed E-state index contributed by atoms with van der Waals surface area (Å²) < 4.78 is 5.03. The van der Waals surface area contributed by atoms with Crippen LogP contribution in [-0.2, 0) is 22.6 Å². The van der Waals surface area contributed by atoms with Crippen molar-refractivity contribution in [1.29, 1.82) is 0 Å². The molecule has 21 heavy (non-hydrogen) atoms. The van der Waals surface area contributed by atoms with E-state index in [0.29, 0.717) is 15.6 Å². The molecule has 9 heteroatoms. The molecule has 0 aliphatic rings. The molecule has 1 heterocycles. The number of nitrogens with zero attached hydrogens (tertiary/aromatic N) is 3. The average molecular weight is 328 g/mol. The van der Waals surface area contributed by atoms with E-state index in [-0.39, 0.29) is 30.7 Å².